The molecule has 2 aliphatic rings. The molecule has 3 heterocycles. The van der Waals surface area contributed by atoms with Gasteiger partial charge in [0.2, 0.25) is 0 Å². The zero-order chi connectivity index (χ0) is 29.4. The highest BCUT2D eigenvalue weighted by Gasteiger charge is 2.39. The lowest BCUT2D eigenvalue weighted by atomic mass is 9.82. The van der Waals surface area contributed by atoms with Crippen LogP contribution in [0, 0.1) is 0 Å². The van der Waals surface area contributed by atoms with E-state index in [9.17, 15) is 8.42 Å². The summed E-state index contributed by atoms with van der Waals surface area (Å²) in [5.74, 6) is 0.957. The summed E-state index contributed by atoms with van der Waals surface area (Å²) >= 11 is 0. The molecule has 6 heteroatoms. The van der Waals surface area contributed by atoms with Gasteiger partial charge in [0.05, 0.1) is 17.2 Å². The molecule has 6 rings (SSSR count). The van der Waals surface area contributed by atoms with E-state index in [1.807, 2.05) is 30.3 Å². The standard InChI is InChI=1S/C36H40N2O3S/c1-35(2,3)31-12-14-33(15-13-31)38-22-19-36(20-23-38)18-17-30-24-29(11-16-34(30)41-36)28-9-7-27(8-10-28)25-42(39,40)26-32-6-4-5-21-37-32/h4-16,21,24H,17-20,22-23,25-26H2,1-3H3. The number of aryl methyl sites for hydroxylation is 1. The Morgan fingerprint density at radius 1 is 0.833 bits per heavy atom. The molecule has 42 heavy (non-hydrogen) atoms. The Morgan fingerprint density at radius 2 is 1.55 bits per heavy atom. The van der Waals surface area contributed by atoms with Crippen molar-refractivity contribution in [3.8, 4) is 16.9 Å². The van der Waals surface area contributed by atoms with Crippen LogP contribution in [0.3, 0.4) is 0 Å². The van der Waals surface area contributed by atoms with Gasteiger partial charge in [0, 0.05) is 37.8 Å². The molecule has 0 radical (unpaired) electrons. The van der Waals surface area contributed by atoms with Crippen LogP contribution in [-0.4, -0.2) is 32.1 Å². The lowest BCUT2D eigenvalue weighted by molar-refractivity contribution is 0.0226. The number of sulfone groups is 1. The van der Waals surface area contributed by atoms with Gasteiger partial charge in [-0.15, -0.1) is 0 Å². The summed E-state index contributed by atoms with van der Waals surface area (Å²) in [6.07, 6.45) is 5.72. The number of ether oxygens (including phenoxy) is 1. The van der Waals surface area contributed by atoms with Gasteiger partial charge in [0.15, 0.2) is 9.84 Å². The van der Waals surface area contributed by atoms with Crippen molar-refractivity contribution in [2.75, 3.05) is 18.0 Å². The molecule has 0 saturated carbocycles. The maximum Gasteiger partial charge on any atom is 0.160 e. The first kappa shape index (κ1) is 28.5. The van der Waals surface area contributed by atoms with Crippen molar-refractivity contribution in [2.24, 2.45) is 0 Å². The van der Waals surface area contributed by atoms with Gasteiger partial charge in [-0.1, -0.05) is 69.3 Å². The number of aromatic nitrogens is 1. The summed E-state index contributed by atoms with van der Waals surface area (Å²) in [5, 5.41) is 0. The molecule has 0 N–H and O–H groups in total. The lowest BCUT2D eigenvalue weighted by Gasteiger charge is -2.45. The quantitative estimate of drug-likeness (QED) is 0.236. The fourth-order valence-electron chi connectivity index (χ4n) is 6.20. The van der Waals surface area contributed by atoms with Crippen LogP contribution in [0.15, 0.2) is 91.1 Å². The van der Waals surface area contributed by atoms with E-state index in [1.165, 1.54) is 16.8 Å². The van der Waals surface area contributed by atoms with Crippen LogP contribution in [0.5, 0.6) is 5.75 Å². The normalized spacial score (nSPS) is 16.6. The lowest BCUT2D eigenvalue weighted by Crippen LogP contribution is -2.49. The SMILES string of the molecule is CC(C)(C)c1ccc(N2CCC3(CCc4cc(-c5ccc(CS(=O)(=O)Cc6ccccn6)cc5)ccc4O3)CC2)cc1. The number of fused-ring (bicyclic) bond motifs is 1. The topological polar surface area (TPSA) is 59.5 Å². The molecule has 0 bridgehead atoms. The maximum absolute atomic E-state index is 12.7. The highest BCUT2D eigenvalue weighted by Crippen LogP contribution is 2.41. The predicted octanol–water partition coefficient (Wildman–Crippen LogP) is 7.53. The summed E-state index contributed by atoms with van der Waals surface area (Å²) in [6.45, 7) is 8.78. The van der Waals surface area contributed by atoms with Gasteiger partial charge < -0.3 is 9.64 Å². The molecule has 0 atom stereocenters. The fraction of sp³-hybridized carbons (Fsp3) is 0.361. The molecule has 1 fully saturated rings. The second-order valence-corrected chi connectivity index (χ2v) is 15.0. The van der Waals surface area contributed by atoms with Gasteiger partial charge in [-0.05, 0) is 82.5 Å². The van der Waals surface area contributed by atoms with Crippen LogP contribution in [0.25, 0.3) is 11.1 Å². The monoisotopic (exact) mass is 580 g/mol. The van der Waals surface area contributed by atoms with Crippen molar-refractivity contribution in [1.29, 1.82) is 0 Å². The molecule has 3 aromatic carbocycles. The minimum atomic E-state index is -3.30. The first-order valence-electron chi connectivity index (χ1n) is 14.9. The third-order valence-corrected chi connectivity index (χ3v) is 10.3. The number of anilines is 1. The van der Waals surface area contributed by atoms with E-state index in [2.05, 4.69) is 73.1 Å². The highest BCUT2D eigenvalue weighted by atomic mass is 32.2. The zero-order valence-corrected chi connectivity index (χ0v) is 25.7. The van der Waals surface area contributed by atoms with E-state index in [0.717, 1.165) is 61.2 Å². The predicted molar refractivity (Wildman–Crippen MR) is 171 cm³/mol. The molecular weight excluding hydrogens is 540 g/mol. The van der Waals surface area contributed by atoms with Gasteiger partial charge in [-0.3, -0.25) is 4.98 Å². The Bertz CT molecular complexity index is 1630. The Balaban J connectivity index is 1.08. The molecule has 2 aliphatic heterocycles. The second kappa shape index (κ2) is 11.2. The van der Waals surface area contributed by atoms with Gasteiger partial charge >= 0.3 is 0 Å². The van der Waals surface area contributed by atoms with Crippen LogP contribution in [0.4, 0.5) is 5.69 Å². The number of hydrogen-bond acceptors (Lipinski definition) is 5. The molecule has 1 aromatic heterocycles. The van der Waals surface area contributed by atoms with E-state index >= 15 is 0 Å². The van der Waals surface area contributed by atoms with E-state index in [0.29, 0.717) is 5.69 Å². The van der Waals surface area contributed by atoms with E-state index in [4.69, 9.17) is 4.74 Å². The molecule has 5 nitrogen and oxygen atoms in total. The zero-order valence-electron chi connectivity index (χ0n) is 24.8. The van der Waals surface area contributed by atoms with Crippen molar-refractivity contribution >= 4 is 15.5 Å². The van der Waals surface area contributed by atoms with E-state index in [1.54, 1.807) is 18.3 Å². The van der Waals surface area contributed by atoms with E-state index < -0.39 is 9.84 Å². The maximum atomic E-state index is 12.7. The van der Waals surface area contributed by atoms with Gasteiger partial charge in [0.1, 0.15) is 11.4 Å². The average Bonchev–Trinajstić information content (AvgIpc) is 2.97. The Labute approximate surface area is 250 Å². The average molecular weight is 581 g/mol. The minimum absolute atomic E-state index is 0.00359. The molecule has 1 spiro atoms. The van der Waals surface area contributed by atoms with Crippen molar-refractivity contribution in [2.45, 2.75) is 69.0 Å². The van der Waals surface area contributed by atoms with E-state index in [-0.39, 0.29) is 22.5 Å². The minimum Gasteiger partial charge on any atom is -0.487 e. The van der Waals surface area contributed by atoms with Crippen molar-refractivity contribution in [3.63, 3.8) is 0 Å². The molecule has 0 unspecified atom stereocenters. The molecule has 0 amide bonds. The van der Waals surface area contributed by atoms with Crippen LogP contribution in [-0.2, 0) is 33.2 Å². The molecular formula is C36H40N2O3S. The molecule has 0 aliphatic carbocycles. The number of nitrogens with zero attached hydrogens (tertiary/aromatic N) is 2. The Hall–Kier alpha value is -3.64. The third-order valence-electron chi connectivity index (χ3n) is 8.78. The summed E-state index contributed by atoms with van der Waals surface area (Å²) in [4.78, 5) is 6.65. The van der Waals surface area contributed by atoms with Crippen molar-refractivity contribution in [3.05, 3.63) is 114 Å². The Morgan fingerprint density at radius 3 is 2.21 bits per heavy atom. The number of hydrogen-bond donors (Lipinski definition) is 0. The number of piperidine rings is 1. The number of rotatable bonds is 6. The first-order chi connectivity index (χ1) is 20.1. The van der Waals surface area contributed by atoms with Crippen LogP contribution < -0.4 is 9.64 Å². The van der Waals surface area contributed by atoms with Crippen LogP contribution in [0.2, 0.25) is 0 Å². The molecule has 4 aromatic rings. The summed E-state index contributed by atoms with van der Waals surface area (Å²) in [6, 6.07) is 28.8. The smallest absolute Gasteiger partial charge is 0.160 e. The van der Waals surface area contributed by atoms with Gasteiger partial charge in [-0.2, -0.15) is 0 Å². The fourth-order valence-corrected chi connectivity index (χ4v) is 7.63. The van der Waals surface area contributed by atoms with Gasteiger partial charge in [0.25, 0.3) is 0 Å². The summed E-state index contributed by atoms with van der Waals surface area (Å²) in [5.41, 5.74) is 7.57. The second-order valence-electron chi connectivity index (χ2n) is 12.9. The number of benzene rings is 3. The highest BCUT2D eigenvalue weighted by molar-refractivity contribution is 7.89. The molecule has 218 valence electrons. The third kappa shape index (κ3) is 6.39. The van der Waals surface area contributed by atoms with Crippen LogP contribution >= 0.6 is 0 Å². The molecule has 1 saturated heterocycles. The summed E-state index contributed by atoms with van der Waals surface area (Å²) < 4.78 is 32.1. The first-order valence-corrected chi connectivity index (χ1v) is 16.8. The van der Waals surface area contributed by atoms with Gasteiger partial charge in [-0.25, -0.2) is 8.42 Å². The Kier molecular flexibility index (Phi) is 7.61. The van der Waals surface area contributed by atoms with Crippen molar-refractivity contribution < 1.29 is 13.2 Å². The van der Waals surface area contributed by atoms with Crippen molar-refractivity contribution in [1.82, 2.24) is 4.98 Å². The summed E-state index contributed by atoms with van der Waals surface area (Å²) in [7, 11) is -3.30. The van der Waals surface area contributed by atoms with Crippen LogP contribution in [0.1, 0.15) is 62.4 Å². The largest absolute Gasteiger partial charge is 0.487 e. The number of pyridine rings is 1.